The standard InChI is InChI=1S/C13H24O3Si/c1-6-9-14-17(12-13(4)5,15-10-7-2)16-11-8-3/h6-11,13H,12H2,1-5H3. The van der Waals surface area contributed by atoms with E-state index in [1.165, 1.54) is 0 Å². The Balaban J connectivity index is 4.87. The molecule has 98 valence electrons. The van der Waals surface area contributed by atoms with E-state index in [2.05, 4.69) is 13.8 Å². The van der Waals surface area contributed by atoms with E-state index in [4.69, 9.17) is 13.3 Å². The summed E-state index contributed by atoms with van der Waals surface area (Å²) >= 11 is 0. The first-order valence-electron chi connectivity index (χ1n) is 5.97. The molecular weight excluding hydrogens is 232 g/mol. The summed E-state index contributed by atoms with van der Waals surface area (Å²) in [5.41, 5.74) is 0. The fourth-order valence-corrected chi connectivity index (χ4v) is 3.73. The average Bonchev–Trinajstić information content (AvgIpc) is 2.30. The Hall–Kier alpha value is -1.16. The van der Waals surface area contributed by atoms with Crippen molar-refractivity contribution >= 4 is 8.80 Å². The highest BCUT2D eigenvalue weighted by Gasteiger charge is 2.46. The zero-order chi connectivity index (χ0) is 13.1. The normalized spacial score (nSPS) is 15.9. The highest BCUT2D eigenvalue weighted by atomic mass is 28.4. The van der Waals surface area contributed by atoms with Crippen LogP contribution in [0.4, 0.5) is 0 Å². The van der Waals surface area contributed by atoms with Crippen LogP contribution in [-0.2, 0) is 13.3 Å². The lowest BCUT2D eigenvalue weighted by Crippen LogP contribution is -2.42. The van der Waals surface area contributed by atoms with Crippen LogP contribution < -0.4 is 0 Å². The lowest BCUT2D eigenvalue weighted by atomic mass is 10.3. The molecule has 0 unspecified atom stereocenters. The van der Waals surface area contributed by atoms with Crippen LogP contribution in [0.5, 0.6) is 0 Å². The van der Waals surface area contributed by atoms with Crippen LogP contribution in [0, 0.1) is 5.92 Å². The van der Waals surface area contributed by atoms with E-state index in [0.29, 0.717) is 5.92 Å². The highest BCUT2D eigenvalue weighted by molar-refractivity contribution is 6.61. The second-order valence-electron chi connectivity index (χ2n) is 4.04. The molecule has 17 heavy (non-hydrogen) atoms. The minimum Gasteiger partial charge on any atom is -0.490 e. The molecule has 0 radical (unpaired) electrons. The first kappa shape index (κ1) is 15.8. The maximum absolute atomic E-state index is 5.71. The van der Waals surface area contributed by atoms with Crippen molar-refractivity contribution in [3.8, 4) is 0 Å². The first-order valence-corrected chi connectivity index (χ1v) is 7.90. The topological polar surface area (TPSA) is 27.7 Å². The van der Waals surface area contributed by atoms with Gasteiger partial charge in [-0.1, -0.05) is 32.1 Å². The van der Waals surface area contributed by atoms with Gasteiger partial charge in [0.1, 0.15) is 0 Å². The molecule has 0 heterocycles. The molecule has 0 fully saturated rings. The van der Waals surface area contributed by atoms with Gasteiger partial charge in [-0.25, -0.2) is 0 Å². The van der Waals surface area contributed by atoms with Crippen molar-refractivity contribution < 1.29 is 13.3 Å². The van der Waals surface area contributed by atoms with Crippen molar-refractivity contribution in [3.05, 3.63) is 37.0 Å². The van der Waals surface area contributed by atoms with Crippen LogP contribution in [0.3, 0.4) is 0 Å². The molecule has 0 aliphatic rings. The van der Waals surface area contributed by atoms with Gasteiger partial charge >= 0.3 is 8.80 Å². The minimum absolute atomic E-state index is 0.447. The van der Waals surface area contributed by atoms with Gasteiger partial charge in [0, 0.05) is 0 Å². The fraction of sp³-hybridized carbons (Fsp3) is 0.538. The molecule has 0 atom stereocenters. The number of hydrogen-bond acceptors (Lipinski definition) is 3. The Morgan fingerprint density at radius 3 is 1.41 bits per heavy atom. The van der Waals surface area contributed by atoms with Gasteiger partial charge in [-0.15, -0.1) is 0 Å². The molecule has 0 bridgehead atoms. The molecule has 0 aliphatic heterocycles. The van der Waals surface area contributed by atoms with Crippen molar-refractivity contribution in [3.63, 3.8) is 0 Å². The fourth-order valence-electron chi connectivity index (χ4n) is 1.24. The van der Waals surface area contributed by atoms with Crippen LogP contribution in [0.15, 0.2) is 37.0 Å². The van der Waals surface area contributed by atoms with Gasteiger partial charge in [0.05, 0.1) is 24.8 Å². The van der Waals surface area contributed by atoms with Crippen molar-refractivity contribution in [2.45, 2.75) is 40.7 Å². The van der Waals surface area contributed by atoms with Crippen molar-refractivity contribution in [1.82, 2.24) is 0 Å². The van der Waals surface area contributed by atoms with E-state index >= 15 is 0 Å². The SMILES string of the molecule is CC=CO[Si](CC(C)C)(OC=CC)OC=CC. The predicted molar refractivity (Wildman–Crippen MR) is 73.1 cm³/mol. The van der Waals surface area contributed by atoms with Crippen molar-refractivity contribution in [1.29, 1.82) is 0 Å². The Labute approximate surface area is 106 Å². The lowest BCUT2D eigenvalue weighted by molar-refractivity contribution is 0.174. The summed E-state index contributed by atoms with van der Waals surface area (Å²) in [6.07, 6.45) is 10.4. The molecule has 0 aromatic heterocycles. The van der Waals surface area contributed by atoms with E-state index in [1.54, 1.807) is 18.8 Å². The summed E-state index contributed by atoms with van der Waals surface area (Å²) < 4.78 is 17.1. The van der Waals surface area contributed by atoms with Gasteiger partial charge in [0.15, 0.2) is 0 Å². The monoisotopic (exact) mass is 256 g/mol. The molecule has 0 aromatic rings. The Bertz CT molecular complexity index is 234. The second-order valence-corrected chi connectivity index (χ2v) is 6.52. The molecule has 0 saturated heterocycles. The molecule has 3 nitrogen and oxygen atoms in total. The van der Waals surface area contributed by atoms with Gasteiger partial charge in [-0.2, -0.15) is 0 Å². The summed E-state index contributed by atoms with van der Waals surface area (Å²) in [6, 6.07) is 0.770. The van der Waals surface area contributed by atoms with Crippen LogP contribution in [0.25, 0.3) is 0 Å². The summed E-state index contributed by atoms with van der Waals surface area (Å²) in [5.74, 6) is 0.447. The average molecular weight is 256 g/mol. The van der Waals surface area contributed by atoms with Crippen LogP contribution in [0.1, 0.15) is 34.6 Å². The van der Waals surface area contributed by atoms with Gasteiger partial charge in [-0.05, 0) is 26.7 Å². The zero-order valence-electron chi connectivity index (χ0n) is 11.5. The predicted octanol–water partition coefficient (Wildman–Crippen LogP) is 4.23. The third kappa shape index (κ3) is 6.89. The summed E-state index contributed by atoms with van der Waals surface area (Å²) in [5, 5.41) is 0. The third-order valence-electron chi connectivity index (χ3n) is 1.81. The minimum atomic E-state index is -2.68. The molecular formula is C13H24O3Si. The number of allylic oxidation sites excluding steroid dienone is 3. The largest absolute Gasteiger partial charge is 0.698 e. The molecule has 4 heteroatoms. The zero-order valence-corrected chi connectivity index (χ0v) is 12.5. The van der Waals surface area contributed by atoms with Gasteiger partial charge in [0.25, 0.3) is 0 Å². The Morgan fingerprint density at radius 2 is 1.18 bits per heavy atom. The van der Waals surface area contributed by atoms with Gasteiger partial charge < -0.3 is 13.3 Å². The summed E-state index contributed by atoms with van der Waals surface area (Å²) in [7, 11) is -2.68. The molecule has 0 aliphatic carbocycles. The second kappa shape index (κ2) is 8.93. The molecule has 0 spiro atoms. The van der Waals surface area contributed by atoms with E-state index in [1.807, 2.05) is 39.0 Å². The van der Waals surface area contributed by atoms with E-state index in [0.717, 1.165) is 6.04 Å². The Kier molecular flexibility index (Phi) is 8.32. The third-order valence-corrected chi connectivity index (χ3v) is 4.61. The number of hydrogen-bond donors (Lipinski definition) is 0. The van der Waals surface area contributed by atoms with E-state index < -0.39 is 8.80 Å². The highest BCUT2D eigenvalue weighted by Crippen LogP contribution is 2.22. The van der Waals surface area contributed by atoms with Crippen molar-refractivity contribution in [2.75, 3.05) is 0 Å². The smallest absolute Gasteiger partial charge is 0.490 e. The maximum Gasteiger partial charge on any atom is 0.698 e. The van der Waals surface area contributed by atoms with E-state index in [9.17, 15) is 0 Å². The molecule has 0 amide bonds. The van der Waals surface area contributed by atoms with Crippen LogP contribution in [-0.4, -0.2) is 8.80 Å². The lowest BCUT2D eigenvalue weighted by Gasteiger charge is -2.27. The first-order chi connectivity index (χ1) is 8.10. The van der Waals surface area contributed by atoms with Crippen molar-refractivity contribution in [2.24, 2.45) is 5.92 Å². The molecule has 0 aromatic carbocycles. The van der Waals surface area contributed by atoms with E-state index in [-0.39, 0.29) is 0 Å². The quantitative estimate of drug-likeness (QED) is 0.480. The van der Waals surface area contributed by atoms with Gasteiger partial charge in [-0.3, -0.25) is 0 Å². The number of rotatable bonds is 8. The van der Waals surface area contributed by atoms with Crippen LogP contribution >= 0.6 is 0 Å². The summed E-state index contributed by atoms with van der Waals surface area (Å²) in [6.45, 7) is 9.96. The van der Waals surface area contributed by atoms with Crippen LogP contribution in [0.2, 0.25) is 6.04 Å². The molecule has 0 N–H and O–H groups in total. The van der Waals surface area contributed by atoms with Gasteiger partial charge in [0.2, 0.25) is 0 Å². The molecule has 0 saturated carbocycles. The summed E-state index contributed by atoms with van der Waals surface area (Å²) in [4.78, 5) is 0. The molecule has 0 rings (SSSR count). The Morgan fingerprint density at radius 1 is 0.824 bits per heavy atom. The maximum atomic E-state index is 5.71.